The van der Waals surface area contributed by atoms with Crippen LogP contribution in [0.15, 0.2) is 0 Å². The van der Waals surface area contributed by atoms with Crippen LogP contribution in [0.2, 0.25) is 0 Å². The Balaban J connectivity index is 1.94. The van der Waals surface area contributed by atoms with Crippen LogP contribution in [-0.4, -0.2) is 87.6 Å². The highest BCUT2D eigenvalue weighted by Gasteiger charge is 2.09. The van der Waals surface area contributed by atoms with Gasteiger partial charge in [0.25, 0.3) is 0 Å². The number of nitrogens with zero attached hydrogens (tertiary/aromatic N) is 2. The van der Waals surface area contributed by atoms with Gasteiger partial charge in [-0.1, -0.05) is 0 Å². The van der Waals surface area contributed by atoms with Gasteiger partial charge in [0.1, 0.15) is 0 Å². The minimum Gasteiger partial charge on any atom is -0.390 e. The van der Waals surface area contributed by atoms with Gasteiger partial charge in [0, 0.05) is 39.3 Å². The van der Waals surface area contributed by atoms with Gasteiger partial charge in [-0.25, -0.2) is 0 Å². The van der Waals surface area contributed by atoms with Crippen molar-refractivity contribution in [3.05, 3.63) is 0 Å². The van der Waals surface area contributed by atoms with E-state index < -0.39 is 0 Å². The fourth-order valence-electron chi connectivity index (χ4n) is 1.82. The number of likely N-dealkylation sites (N-methyl/N-ethyl adjacent to an activating group) is 1. The largest absolute Gasteiger partial charge is 0.390 e. The fourth-order valence-corrected chi connectivity index (χ4v) is 1.82. The molecule has 5 heteroatoms. The van der Waals surface area contributed by atoms with Crippen molar-refractivity contribution in [2.24, 2.45) is 0 Å². The molecular formula is C11H25N3O2. The molecule has 0 radical (unpaired) electrons. The molecule has 0 aromatic rings. The molecule has 0 saturated carbocycles. The summed E-state index contributed by atoms with van der Waals surface area (Å²) in [7, 11) is 3.94. The Morgan fingerprint density at radius 3 is 2.69 bits per heavy atom. The predicted molar refractivity (Wildman–Crippen MR) is 64.7 cm³/mol. The number of ether oxygens (including phenoxy) is 1. The molecule has 1 unspecified atom stereocenters. The average molecular weight is 231 g/mol. The SMILES string of the molecule is CN(C)CC(O)CNCCN1CCOCC1. The van der Waals surface area contributed by atoms with Crippen molar-refractivity contribution >= 4 is 0 Å². The van der Waals surface area contributed by atoms with E-state index in [2.05, 4.69) is 10.2 Å². The molecule has 0 aromatic carbocycles. The van der Waals surface area contributed by atoms with Crippen molar-refractivity contribution in [3.8, 4) is 0 Å². The second-order valence-corrected chi connectivity index (χ2v) is 4.57. The third-order valence-corrected chi connectivity index (χ3v) is 2.66. The summed E-state index contributed by atoms with van der Waals surface area (Å²) in [4.78, 5) is 4.38. The lowest BCUT2D eigenvalue weighted by Gasteiger charge is -2.26. The van der Waals surface area contributed by atoms with Crippen LogP contribution in [0.1, 0.15) is 0 Å². The highest BCUT2D eigenvalue weighted by Crippen LogP contribution is 1.94. The Hall–Kier alpha value is -0.200. The van der Waals surface area contributed by atoms with Crippen molar-refractivity contribution in [3.63, 3.8) is 0 Å². The molecule has 5 nitrogen and oxygen atoms in total. The van der Waals surface area contributed by atoms with E-state index in [1.807, 2.05) is 19.0 Å². The van der Waals surface area contributed by atoms with Crippen LogP contribution in [0.3, 0.4) is 0 Å². The summed E-state index contributed by atoms with van der Waals surface area (Å²) < 4.78 is 5.28. The molecule has 2 N–H and O–H groups in total. The van der Waals surface area contributed by atoms with E-state index in [0.29, 0.717) is 13.1 Å². The number of hydrogen-bond donors (Lipinski definition) is 2. The normalized spacial score (nSPS) is 20.2. The summed E-state index contributed by atoms with van der Waals surface area (Å²) in [6, 6.07) is 0. The third kappa shape index (κ3) is 6.40. The molecule has 0 spiro atoms. The number of rotatable bonds is 7. The van der Waals surface area contributed by atoms with E-state index >= 15 is 0 Å². The second-order valence-electron chi connectivity index (χ2n) is 4.57. The highest BCUT2D eigenvalue weighted by molar-refractivity contribution is 4.66. The summed E-state index contributed by atoms with van der Waals surface area (Å²) in [5.41, 5.74) is 0. The number of aliphatic hydroxyl groups excluding tert-OH is 1. The van der Waals surface area contributed by atoms with Gasteiger partial charge in [0.05, 0.1) is 19.3 Å². The number of aliphatic hydroxyl groups is 1. The molecule has 0 aliphatic carbocycles. The summed E-state index contributed by atoms with van der Waals surface area (Å²) in [5, 5.41) is 12.9. The van der Waals surface area contributed by atoms with Crippen LogP contribution >= 0.6 is 0 Å². The van der Waals surface area contributed by atoms with Crippen molar-refractivity contribution in [1.29, 1.82) is 0 Å². The molecule has 1 aliphatic rings. The zero-order chi connectivity index (χ0) is 11.8. The van der Waals surface area contributed by atoms with E-state index in [4.69, 9.17) is 4.74 Å². The number of nitrogens with one attached hydrogen (secondary N) is 1. The van der Waals surface area contributed by atoms with Gasteiger partial charge in [-0.05, 0) is 14.1 Å². The average Bonchev–Trinajstić information content (AvgIpc) is 2.25. The van der Waals surface area contributed by atoms with Crippen LogP contribution in [0.4, 0.5) is 0 Å². The zero-order valence-corrected chi connectivity index (χ0v) is 10.5. The van der Waals surface area contributed by atoms with Gasteiger partial charge in [-0.2, -0.15) is 0 Å². The van der Waals surface area contributed by atoms with Crippen LogP contribution in [0.25, 0.3) is 0 Å². The molecule has 0 aromatic heterocycles. The molecular weight excluding hydrogens is 206 g/mol. The second kappa shape index (κ2) is 7.97. The Morgan fingerprint density at radius 1 is 1.38 bits per heavy atom. The first-order valence-electron chi connectivity index (χ1n) is 6.02. The van der Waals surface area contributed by atoms with Crippen LogP contribution in [-0.2, 0) is 4.74 Å². The van der Waals surface area contributed by atoms with E-state index in [0.717, 1.165) is 39.4 Å². The lowest BCUT2D eigenvalue weighted by Crippen LogP contribution is -2.42. The Kier molecular flexibility index (Phi) is 6.91. The zero-order valence-electron chi connectivity index (χ0n) is 10.5. The van der Waals surface area contributed by atoms with Crippen molar-refractivity contribution in [2.75, 3.05) is 66.6 Å². The smallest absolute Gasteiger partial charge is 0.0791 e. The molecule has 16 heavy (non-hydrogen) atoms. The van der Waals surface area contributed by atoms with Crippen molar-refractivity contribution in [2.45, 2.75) is 6.10 Å². The monoisotopic (exact) mass is 231 g/mol. The molecule has 1 rings (SSSR count). The van der Waals surface area contributed by atoms with Crippen LogP contribution in [0, 0.1) is 0 Å². The molecule has 1 heterocycles. The molecule has 96 valence electrons. The predicted octanol–water partition coefficient (Wildman–Crippen LogP) is -1.17. The minimum atomic E-state index is -0.278. The summed E-state index contributed by atoms with van der Waals surface area (Å²) >= 11 is 0. The molecule has 1 saturated heterocycles. The quantitative estimate of drug-likeness (QED) is 0.541. The van der Waals surface area contributed by atoms with Crippen LogP contribution < -0.4 is 5.32 Å². The summed E-state index contributed by atoms with van der Waals surface area (Å²) in [6.45, 7) is 7.12. The molecule has 0 amide bonds. The minimum absolute atomic E-state index is 0.278. The van der Waals surface area contributed by atoms with E-state index in [9.17, 15) is 5.11 Å². The van der Waals surface area contributed by atoms with Crippen molar-refractivity contribution < 1.29 is 9.84 Å². The van der Waals surface area contributed by atoms with E-state index in [1.54, 1.807) is 0 Å². The Labute approximate surface area is 98.4 Å². The first kappa shape index (κ1) is 13.9. The van der Waals surface area contributed by atoms with Gasteiger partial charge in [-0.15, -0.1) is 0 Å². The van der Waals surface area contributed by atoms with Crippen LogP contribution in [0.5, 0.6) is 0 Å². The van der Waals surface area contributed by atoms with Gasteiger partial charge >= 0.3 is 0 Å². The Morgan fingerprint density at radius 2 is 2.06 bits per heavy atom. The summed E-state index contributed by atoms with van der Waals surface area (Å²) in [5.74, 6) is 0. The van der Waals surface area contributed by atoms with Crippen molar-refractivity contribution in [1.82, 2.24) is 15.1 Å². The Bertz CT molecular complexity index is 173. The number of morpholine rings is 1. The fraction of sp³-hybridized carbons (Fsp3) is 1.00. The van der Waals surface area contributed by atoms with Gasteiger partial charge in [0.15, 0.2) is 0 Å². The maximum atomic E-state index is 9.62. The van der Waals surface area contributed by atoms with E-state index in [1.165, 1.54) is 0 Å². The van der Waals surface area contributed by atoms with E-state index in [-0.39, 0.29) is 6.10 Å². The standard InChI is InChI=1S/C11H25N3O2/c1-13(2)10-11(15)9-12-3-4-14-5-7-16-8-6-14/h11-12,15H,3-10H2,1-2H3. The first-order chi connectivity index (χ1) is 7.68. The lowest BCUT2D eigenvalue weighted by atomic mass is 10.3. The molecule has 1 aliphatic heterocycles. The number of hydrogen-bond acceptors (Lipinski definition) is 5. The maximum Gasteiger partial charge on any atom is 0.0791 e. The van der Waals surface area contributed by atoms with Gasteiger partial charge < -0.3 is 20.1 Å². The molecule has 1 fully saturated rings. The molecule has 0 bridgehead atoms. The third-order valence-electron chi connectivity index (χ3n) is 2.66. The van der Waals surface area contributed by atoms with Gasteiger partial charge in [0.2, 0.25) is 0 Å². The summed E-state index contributed by atoms with van der Waals surface area (Å²) in [6.07, 6.45) is -0.278. The molecule has 1 atom stereocenters. The maximum absolute atomic E-state index is 9.62. The first-order valence-corrected chi connectivity index (χ1v) is 6.02. The lowest BCUT2D eigenvalue weighted by molar-refractivity contribution is 0.0378. The van der Waals surface area contributed by atoms with Gasteiger partial charge in [-0.3, -0.25) is 4.90 Å². The highest BCUT2D eigenvalue weighted by atomic mass is 16.5. The topological polar surface area (TPSA) is 48.0 Å².